The summed E-state index contributed by atoms with van der Waals surface area (Å²) in [6.07, 6.45) is 3.67. The number of hydrogen-bond acceptors (Lipinski definition) is 2. The van der Waals surface area contributed by atoms with Crippen molar-refractivity contribution in [3.8, 4) is 0 Å². The van der Waals surface area contributed by atoms with Crippen LogP contribution in [0.3, 0.4) is 0 Å². The van der Waals surface area contributed by atoms with Crippen molar-refractivity contribution in [1.82, 2.24) is 0 Å². The molecule has 0 aliphatic carbocycles. The SMILES string of the molecule is C=CCCC(O)c1ccc(CC)o1. The Morgan fingerprint density at radius 3 is 2.92 bits per heavy atom. The van der Waals surface area contributed by atoms with Gasteiger partial charge in [-0.05, 0) is 25.0 Å². The number of furan rings is 1. The molecule has 0 saturated carbocycles. The molecule has 0 spiro atoms. The van der Waals surface area contributed by atoms with E-state index in [1.807, 2.05) is 19.1 Å². The van der Waals surface area contributed by atoms with Crippen molar-refractivity contribution in [2.24, 2.45) is 0 Å². The van der Waals surface area contributed by atoms with Crippen molar-refractivity contribution in [3.63, 3.8) is 0 Å². The molecule has 1 heterocycles. The highest BCUT2D eigenvalue weighted by molar-refractivity contribution is 5.09. The van der Waals surface area contributed by atoms with Crippen LogP contribution in [0.4, 0.5) is 0 Å². The van der Waals surface area contributed by atoms with Crippen LogP contribution in [0.1, 0.15) is 37.4 Å². The van der Waals surface area contributed by atoms with Crippen molar-refractivity contribution >= 4 is 0 Å². The van der Waals surface area contributed by atoms with Crippen LogP contribution in [0, 0.1) is 0 Å². The van der Waals surface area contributed by atoms with Gasteiger partial charge in [0, 0.05) is 6.42 Å². The predicted octanol–water partition coefficient (Wildman–Crippen LogP) is 2.84. The van der Waals surface area contributed by atoms with Crippen LogP contribution in [-0.4, -0.2) is 5.11 Å². The van der Waals surface area contributed by atoms with E-state index in [2.05, 4.69) is 6.58 Å². The van der Waals surface area contributed by atoms with Gasteiger partial charge in [0.15, 0.2) is 0 Å². The molecule has 13 heavy (non-hydrogen) atoms. The molecule has 0 aliphatic rings. The van der Waals surface area contributed by atoms with E-state index in [4.69, 9.17) is 4.42 Å². The van der Waals surface area contributed by atoms with E-state index in [-0.39, 0.29) is 0 Å². The molecule has 72 valence electrons. The van der Waals surface area contributed by atoms with Gasteiger partial charge >= 0.3 is 0 Å². The molecule has 1 N–H and O–H groups in total. The molecule has 2 heteroatoms. The lowest BCUT2D eigenvalue weighted by Crippen LogP contribution is -1.94. The fourth-order valence-electron chi connectivity index (χ4n) is 1.18. The highest BCUT2D eigenvalue weighted by Gasteiger charge is 2.10. The van der Waals surface area contributed by atoms with Crippen LogP contribution < -0.4 is 0 Å². The lowest BCUT2D eigenvalue weighted by molar-refractivity contribution is 0.139. The number of hydrogen-bond donors (Lipinski definition) is 1. The van der Waals surface area contributed by atoms with Gasteiger partial charge in [-0.1, -0.05) is 13.0 Å². The summed E-state index contributed by atoms with van der Waals surface area (Å²) >= 11 is 0. The third-order valence-electron chi connectivity index (χ3n) is 2.00. The summed E-state index contributed by atoms with van der Waals surface area (Å²) in [6.45, 7) is 5.63. The van der Waals surface area contributed by atoms with Crippen LogP contribution in [0.2, 0.25) is 0 Å². The van der Waals surface area contributed by atoms with Gasteiger partial charge in [-0.15, -0.1) is 6.58 Å². The zero-order chi connectivity index (χ0) is 9.68. The summed E-state index contributed by atoms with van der Waals surface area (Å²) in [5.41, 5.74) is 0. The summed E-state index contributed by atoms with van der Waals surface area (Å²) in [5.74, 6) is 1.59. The molecule has 1 rings (SSSR count). The smallest absolute Gasteiger partial charge is 0.132 e. The maximum Gasteiger partial charge on any atom is 0.132 e. The van der Waals surface area contributed by atoms with E-state index in [0.29, 0.717) is 12.2 Å². The van der Waals surface area contributed by atoms with Gasteiger partial charge in [0.1, 0.15) is 17.6 Å². The minimum absolute atomic E-state index is 0.488. The van der Waals surface area contributed by atoms with Gasteiger partial charge in [0.2, 0.25) is 0 Å². The van der Waals surface area contributed by atoms with Crippen LogP contribution in [-0.2, 0) is 6.42 Å². The summed E-state index contributed by atoms with van der Waals surface area (Å²) in [5, 5.41) is 9.62. The third-order valence-corrected chi connectivity index (χ3v) is 2.00. The minimum Gasteiger partial charge on any atom is -0.463 e. The number of aliphatic hydroxyl groups is 1. The summed E-state index contributed by atoms with van der Waals surface area (Å²) in [4.78, 5) is 0. The fourth-order valence-corrected chi connectivity index (χ4v) is 1.18. The van der Waals surface area contributed by atoms with Crippen molar-refractivity contribution in [3.05, 3.63) is 36.3 Å². The Hall–Kier alpha value is -1.02. The monoisotopic (exact) mass is 180 g/mol. The Bertz CT molecular complexity index is 263. The van der Waals surface area contributed by atoms with Gasteiger partial charge in [-0.25, -0.2) is 0 Å². The number of allylic oxidation sites excluding steroid dienone is 1. The summed E-state index contributed by atoms with van der Waals surface area (Å²) in [7, 11) is 0. The Balaban J connectivity index is 2.54. The first-order chi connectivity index (χ1) is 6.27. The van der Waals surface area contributed by atoms with E-state index in [1.54, 1.807) is 6.08 Å². The average molecular weight is 180 g/mol. The van der Waals surface area contributed by atoms with Crippen molar-refractivity contribution in [1.29, 1.82) is 0 Å². The average Bonchev–Trinajstić information content (AvgIpc) is 2.62. The van der Waals surface area contributed by atoms with E-state index in [9.17, 15) is 5.11 Å². The Kier molecular flexibility index (Phi) is 3.77. The topological polar surface area (TPSA) is 33.4 Å². The van der Waals surface area contributed by atoms with Crippen LogP contribution >= 0.6 is 0 Å². The molecule has 1 atom stereocenters. The normalized spacial score (nSPS) is 12.8. The molecule has 1 unspecified atom stereocenters. The number of aryl methyl sites for hydroxylation is 1. The second-order valence-corrected chi connectivity index (χ2v) is 3.04. The summed E-state index contributed by atoms with van der Waals surface area (Å²) in [6, 6.07) is 3.75. The lowest BCUT2D eigenvalue weighted by Gasteiger charge is -2.04. The highest BCUT2D eigenvalue weighted by atomic mass is 16.4. The van der Waals surface area contributed by atoms with Crippen LogP contribution in [0.5, 0.6) is 0 Å². The van der Waals surface area contributed by atoms with Crippen LogP contribution in [0.15, 0.2) is 29.2 Å². The maximum atomic E-state index is 9.62. The van der Waals surface area contributed by atoms with Gasteiger partial charge in [0.25, 0.3) is 0 Å². The molecule has 1 aromatic rings. The van der Waals surface area contributed by atoms with Crippen LogP contribution in [0.25, 0.3) is 0 Å². The molecule has 0 aromatic carbocycles. The molecule has 0 aliphatic heterocycles. The second-order valence-electron chi connectivity index (χ2n) is 3.04. The standard InChI is InChI=1S/C11H16O2/c1-3-5-6-10(12)11-8-7-9(4-2)13-11/h3,7-8,10,12H,1,4-6H2,2H3. The quantitative estimate of drug-likeness (QED) is 0.707. The van der Waals surface area contributed by atoms with Crippen molar-refractivity contribution < 1.29 is 9.52 Å². The molecular weight excluding hydrogens is 164 g/mol. The highest BCUT2D eigenvalue weighted by Crippen LogP contribution is 2.20. The van der Waals surface area contributed by atoms with E-state index in [0.717, 1.165) is 18.6 Å². The van der Waals surface area contributed by atoms with Gasteiger partial charge < -0.3 is 9.52 Å². The van der Waals surface area contributed by atoms with E-state index in [1.165, 1.54) is 0 Å². The zero-order valence-corrected chi connectivity index (χ0v) is 7.99. The Labute approximate surface area is 78.9 Å². The van der Waals surface area contributed by atoms with Gasteiger partial charge in [0.05, 0.1) is 0 Å². The number of aliphatic hydroxyl groups excluding tert-OH is 1. The predicted molar refractivity (Wildman–Crippen MR) is 52.5 cm³/mol. The first kappa shape index (κ1) is 10.1. The first-order valence-electron chi connectivity index (χ1n) is 4.65. The summed E-state index contributed by atoms with van der Waals surface area (Å²) < 4.78 is 5.41. The minimum atomic E-state index is -0.488. The van der Waals surface area contributed by atoms with E-state index >= 15 is 0 Å². The molecule has 0 bridgehead atoms. The lowest BCUT2D eigenvalue weighted by atomic mass is 10.1. The third kappa shape index (κ3) is 2.74. The maximum absolute atomic E-state index is 9.62. The number of rotatable bonds is 5. The first-order valence-corrected chi connectivity index (χ1v) is 4.65. The van der Waals surface area contributed by atoms with Gasteiger partial charge in [-0.2, -0.15) is 0 Å². The van der Waals surface area contributed by atoms with E-state index < -0.39 is 6.10 Å². The fraction of sp³-hybridized carbons (Fsp3) is 0.455. The molecule has 0 radical (unpaired) electrons. The second kappa shape index (κ2) is 4.87. The molecule has 0 amide bonds. The largest absolute Gasteiger partial charge is 0.463 e. The molecular formula is C11H16O2. The molecule has 0 saturated heterocycles. The molecule has 0 fully saturated rings. The molecule has 2 nitrogen and oxygen atoms in total. The van der Waals surface area contributed by atoms with Gasteiger partial charge in [-0.3, -0.25) is 0 Å². The Morgan fingerprint density at radius 1 is 1.62 bits per heavy atom. The molecule has 1 aromatic heterocycles. The van der Waals surface area contributed by atoms with Crippen molar-refractivity contribution in [2.45, 2.75) is 32.3 Å². The zero-order valence-electron chi connectivity index (χ0n) is 7.99. The van der Waals surface area contributed by atoms with Crippen molar-refractivity contribution in [2.75, 3.05) is 0 Å². The Morgan fingerprint density at radius 2 is 2.38 bits per heavy atom.